The molecule has 0 bridgehead atoms. The zero-order valence-corrected chi connectivity index (χ0v) is 21.5. The number of esters is 1. The van der Waals surface area contributed by atoms with Crippen LogP contribution in [-0.2, 0) is 20.8 Å². The van der Waals surface area contributed by atoms with Gasteiger partial charge >= 0.3 is 5.97 Å². The Morgan fingerprint density at radius 3 is 3.00 bits per heavy atom. The van der Waals surface area contributed by atoms with Crippen molar-refractivity contribution < 1.29 is 19.1 Å². The highest BCUT2D eigenvalue weighted by Gasteiger charge is 2.21. The summed E-state index contributed by atoms with van der Waals surface area (Å²) in [7, 11) is 0. The summed E-state index contributed by atoms with van der Waals surface area (Å²) in [5.41, 5.74) is 1.43. The third-order valence-electron chi connectivity index (χ3n) is 4.88. The molecule has 1 unspecified atom stereocenters. The molecule has 0 spiro atoms. The van der Waals surface area contributed by atoms with Gasteiger partial charge in [0, 0.05) is 43.7 Å². The first-order valence-corrected chi connectivity index (χ1v) is 13.4. The van der Waals surface area contributed by atoms with Gasteiger partial charge < -0.3 is 14.8 Å². The monoisotopic (exact) mass is 531 g/mol. The van der Waals surface area contributed by atoms with Crippen LogP contribution in [0.4, 0.5) is 0 Å². The minimum absolute atomic E-state index is 0.00663. The largest absolute Gasteiger partial charge is 0.461 e. The van der Waals surface area contributed by atoms with Gasteiger partial charge in [-0.25, -0.2) is 9.78 Å². The van der Waals surface area contributed by atoms with Gasteiger partial charge in [-0.05, 0) is 31.0 Å². The number of halogens is 2. The second kappa shape index (κ2) is 13.5. The van der Waals surface area contributed by atoms with E-state index in [4.69, 9.17) is 32.7 Å². The lowest BCUT2D eigenvalue weighted by Gasteiger charge is -2.33. The van der Waals surface area contributed by atoms with Crippen LogP contribution in [0.15, 0.2) is 27.9 Å². The van der Waals surface area contributed by atoms with E-state index in [-0.39, 0.29) is 12.0 Å². The lowest BCUT2D eigenvalue weighted by Crippen LogP contribution is -2.47. The summed E-state index contributed by atoms with van der Waals surface area (Å²) in [6.07, 6.45) is 1.11. The van der Waals surface area contributed by atoms with Gasteiger partial charge in [0.25, 0.3) is 0 Å². The van der Waals surface area contributed by atoms with Crippen LogP contribution in [0.25, 0.3) is 0 Å². The number of benzene rings is 1. The molecule has 1 atom stereocenters. The molecule has 1 amide bonds. The van der Waals surface area contributed by atoms with E-state index in [0.717, 1.165) is 41.7 Å². The van der Waals surface area contributed by atoms with Crippen LogP contribution in [0.3, 0.4) is 0 Å². The van der Waals surface area contributed by atoms with Gasteiger partial charge in [-0.1, -0.05) is 41.0 Å². The number of amides is 1. The number of carbonyl (C=O) groups excluding carboxylic acids is 2. The molecule has 0 aliphatic carbocycles. The molecule has 1 N–H and O–H groups in total. The maximum absolute atomic E-state index is 12.2. The van der Waals surface area contributed by atoms with Gasteiger partial charge in [-0.3, -0.25) is 9.69 Å². The molecule has 180 valence electrons. The highest BCUT2D eigenvalue weighted by molar-refractivity contribution is 8.01. The third kappa shape index (κ3) is 8.73. The van der Waals surface area contributed by atoms with Gasteiger partial charge in [0.15, 0.2) is 10.0 Å². The molecule has 0 radical (unpaired) electrons. The Hall–Kier alpha value is -1.36. The van der Waals surface area contributed by atoms with E-state index in [1.807, 2.05) is 18.2 Å². The Balaban J connectivity index is 1.31. The first-order chi connectivity index (χ1) is 15.9. The van der Waals surface area contributed by atoms with E-state index in [0.29, 0.717) is 41.9 Å². The molecule has 1 aliphatic rings. The average Bonchev–Trinajstić information content (AvgIpc) is 3.27. The summed E-state index contributed by atoms with van der Waals surface area (Å²) in [6.45, 7) is 5.53. The van der Waals surface area contributed by atoms with Crippen molar-refractivity contribution in [2.75, 3.05) is 38.6 Å². The maximum atomic E-state index is 12.2. The summed E-state index contributed by atoms with van der Waals surface area (Å²) in [5, 5.41) is 5.77. The molecule has 1 saturated heterocycles. The van der Waals surface area contributed by atoms with Gasteiger partial charge in [0.1, 0.15) is 0 Å². The molecule has 33 heavy (non-hydrogen) atoms. The second-order valence-electron chi connectivity index (χ2n) is 7.45. The molecule has 2 heterocycles. The Kier molecular flexibility index (Phi) is 10.7. The van der Waals surface area contributed by atoms with Gasteiger partial charge in [-0.15, -0.1) is 11.3 Å². The molecule has 1 aliphatic heterocycles. The molecule has 1 fully saturated rings. The average molecular weight is 533 g/mol. The minimum Gasteiger partial charge on any atom is -0.461 e. The predicted octanol–water partition coefficient (Wildman–Crippen LogP) is 4.52. The second-order valence-corrected chi connectivity index (χ2v) is 10.5. The molecule has 2 aromatic rings. The fourth-order valence-corrected chi connectivity index (χ4v) is 5.40. The predicted molar refractivity (Wildman–Crippen MR) is 133 cm³/mol. The lowest BCUT2D eigenvalue weighted by atomic mass is 10.2. The molecular formula is C22H27Cl2N3O4S2. The summed E-state index contributed by atoms with van der Waals surface area (Å²) in [5.74, 6) is 0.355. The molecular weight excluding hydrogens is 505 g/mol. The minimum atomic E-state index is -0.402. The quantitative estimate of drug-likeness (QED) is 0.259. The van der Waals surface area contributed by atoms with Gasteiger partial charge in [0.2, 0.25) is 5.91 Å². The SMILES string of the molecule is CCOC(=O)c1csc(SCCCC(=O)NCC2CN(Cc3ccc(Cl)c(Cl)c3)CCO2)n1. The smallest absolute Gasteiger partial charge is 0.357 e. The Labute approximate surface area is 212 Å². The molecule has 7 nitrogen and oxygen atoms in total. The Morgan fingerprint density at radius 2 is 2.21 bits per heavy atom. The standard InChI is InChI=1S/C22H27Cl2N3O4S2/c1-2-30-21(29)19-14-33-22(26-19)32-9-3-4-20(28)25-11-16-13-27(7-8-31-16)12-15-5-6-17(23)18(24)10-15/h5-6,10,14,16H,2-4,7-9,11-13H2,1H3,(H,25,28). The fraction of sp³-hybridized carbons (Fsp3) is 0.500. The Bertz CT molecular complexity index is 944. The number of ether oxygens (including phenoxy) is 2. The van der Waals surface area contributed by atoms with Gasteiger partial charge in [0.05, 0.1) is 29.4 Å². The molecule has 3 rings (SSSR count). The number of thiazole rings is 1. The number of hydrogen-bond acceptors (Lipinski definition) is 8. The zero-order valence-electron chi connectivity index (χ0n) is 18.4. The van der Waals surface area contributed by atoms with E-state index in [1.165, 1.54) is 23.1 Å². The van der Waals surface area contributed by atoms with E-state index < -0.39 is 5.97 Å². The first kappa shape index (κ1) is 26.2. The van der Waals surface area contributed by atoms with Crippen molar-refractivity contribution >= 4 is 58.2 Å². The summed E-state index contributed by atoms with van der Waals surface area (Å²) in [4.78, 5) is 30.4. The van der Waals surface area contributed by atoms with Crippen molar-refractivity contribution in [2.24, 2.45) is 0 Å². The molecule has 11 heteroatoms. The molecule has 1 aromatic carbocycles. The normalized spacial score (nSPS) is 16.5. The van der Waals surface area contributed by atoms with Crippen molar-refractivity contribution in [3.8, 4) is 0 Å². The highest BCUT2D eigenvalue weighted by Crippen LogP contribution is 2.25. The fourth-order valence-electron chi connectivity index (χ4n) is 3.27. The molecule has 0 saturated carbocycles. The van der Waals surface area contributed by atoms with Gasteiger partial charge in [-0.2, -0.15) is 0 Å². The number of carbonyl (C=O) groups is 2. The summed E-state index contributed by atoms with van der Waals surface area (Å²) in [6, 6.07) is 5.67. The number of nitrogens with zero attached hydrogens (tertiary/aromatic N) is 2. The topological polar surface area (TPSA) is 80.8 Å². The molecule has 1 aromatic heterocycles. The number of morpholine rings is 1. The van der Waals surface area contributed by atoms with E-state index in [2.05, 4.69) is 15.2 Å². The first-order valence-electron chi connectivity index (χ1n) is 10.7. The maximum Gasteiger partial charge on any atom is 0.357 e. The van der Waals surface area contributed by atoms with Crippen LogP contribution in [0.2, 0.25) is 10.0 Å². The van der Waals surface area contributed by atoms with Crippen LogP contribution in [0.1, 0.15) is 35.8 Å². The van der Waals surface area contributed by atoms with Crippen LogP contribution in [0.5, 0.6) is 0 Å². The number of aromatic nitrogens is 1. The Morgan fingerprint density at radius 1 is 1.36 bits per heavy atom. The van der Waals surface area contributed by atoms with Crippen molar-refractivity contribution in [3.05, 3.63) is 44.9 Å². The van der Waals surface area contributed by atoms with E-state index in [1.54, 1.807) is 12.3 Å². The third-order valence-corrected chi connectivity index (χ3v) is 7.73. The van der Waals surface area contributed by atoms with E-state index >= 15 is 0 Å². The van der Waals surface area contributed by atoms with Crippen molar-refractivity contribution in [3.63, 3.8) is 0 Å². The van der Waals surface area contributed by atoms with Crippen LogP contribution >= 0.6 is 46.3 Å². The number of rotatable bonds is 11. The lowest BCUT2D eigenvalue weighted by molar-refractivity contribution is -0.122. The van der Waals surface area contributed by atoms with Crippen molar-refractivity contribution in [2.45, 2.75) is 36.8 Å². The zero-order chi connectivity index (χ0) is 23.6. The van der Waals surface area contributed by atoms with E-state index in [9.17, 15) is 9.59 Å². The van der Waals surface area contributed by atoms with Crippen molar-refractivity contribution in [1.29, 1.82) is 0 Å². The number of thioether (sulfide) groups is 1. The number of hydrogen-bond donors (Lipinski definition) is 1. The van der Waals surface area contributed by atoms with Crippen LogP contribution < -0.4 is 5.32 Å². The summed E-state index contributed by atoms with van der Waals surface area (Å²) >= 11 is 15.0. The summed E-state index contributed by atoms with van der Waals surface area (Å²) < 4.78 is 11.6. The van der Waals surface area contributed by atoms with Crippen LogP contribution in [0, 0.1) is 0 Å². The highest BCUT2D eigenvalue weighted by atomic mass is 35.5. The van der Waals surface area contributed by atoms with Crippen LogP contribution in [-0.4, -0.2) is 66.5 Å². The van der Waals surface area contributed by atoms with Crippen molar-refractivity contribution in [1.82, 2.24) is 15.2 Å². The number of nitrogens with one attached hydrogen (secondary N) is 1.